The maximum Gasteiger partial charge on any atom is 0.472 e. The molecule has 0 aromatic heterocycles. The molecule has 0 bridgehead atoms. The van der Waals surface area contributed by atoms with Gasteiger partial charge in [0, 0.05) is 12.8 Å². The maximum absolute atomic E-state index is 12.6. The number of carboxylic acids is 1. The van der Waals surface area contributed by atoms with E-state index in [0.29, 0.717) is 19.3 Å². The molecule has 11 nitrogen and oxygen atoms in total. The normalized spacial score (nSPS) is 13.9. The molecule has 0 heterocycles. The van der Waals surface area contributed by atoms with E-state index >= 15 is 0 Å². The summed E-state index contributed by atoms with van der Waals surface area (Å²) >= 11 is 0. The van der Waals surface area contributed by atoms with Crippen LogP contribution in [0.25, 0.3) is 0 Å². The summed E-state index contributed by atoms with van der Waals surface area (Å²) in [7, 11) is -4.72. The Morgan fingerprint density at radius 1 is 0.544 bits per heavy atom. The maximum atomic E-state index is 12.6. The molecular weight excluding hydrogens is 745 g/mol. The van der Waals surface area contributed by atoms with Crippen molar-refractivity contribution in [1.29, 1.82) is 0 Å². The first-order valence-corrected chi connectivity index (χ1v) is 24.4. The van der Waals surface area contributed by atoms with E-state index in [2.05, 4.69) is 36.6 Å². The molecule has 0 aliphatic heterocycles. The number of ether oxygens (including phenoxy) is 2. The van der Waals surface area contributed by atoms with Crippen molar-refractivity contribution in [3.8, 4) is 0 Å². The second-order valence-electron chi connectivity index (χ2n) is 15.5. The van der Waals surface area contributed by atoms with Gasteiger partial charge in [-0.15, -0.1) is 0 Å². The summed E-state index contributed by atoms with van der Waals surface area (Å²) in [5.41, 5.74) is 5.33. The van der Waals surface area contributed by atoms with Gasteiger partial charge in [-0.1, -0.05) is 186 Å². The van der Waals surface area contributed by atoms with E-state index in [4.69, 9.17) is 24.8 Å². The number of carboxylic acid groups (broad SMARTS) is 1. The smallest absolute Gasteiger partial charge is 0.472 e. The molecule has 0 aromatic carbocycles. The highest BCUT2D eigenvalue weighted by molar-refractivity contribution is 7.47. The molecule has 0 saturated heterocycles. The quantitative estimate of drug-likeness (QED) is 0.0231. The van der Waals surface area contributed by atoms with Crippen molar-refractivity contribution in [2.75, 3.05) is 19.8 Å². The Morgan fingerprint density at radius 2 is 0.947 bits per heavy atom. The standard InChI is InChI=1S/C45H84NO10P/c1-3-5-7-9-11-13-15-17-19-21-23-25-27-29-31-33-35-37-44(48)56-41(39-54-57(51,52)55-40-42(46)45(49)50)38-53-43(47)36-34-32-30-28-26-24-22-20-18-16-14-12-10-8-6-4-2/h23,25,29,31,41-42H,3-22,24,26-28,30,32-40,46H2,1-2H3,(H,49,50)(H,51,52)/b25-23+,31-29+/t41-,42+/m1/s1. The Morgan fingerprint density at radius 3 is 1.42 bits per heavy atom. The summed E-state index contributed by atoms with van der Waals surface area (Å²) in [6.45, 7) is 2.79. The van der Waals surface area contributed by atoms with Gasteiger partial charge in [-0.05, 0) is 38.5 Å². The van der Waals surface area contributed by atoms with Crippen molar-refractivity contribution in [3.63, 3.8) is 0 Å². The summed E-state index contributed by atoms with van der Waals surface area (Å²) in [5.74, 6) is -2.42. The van der Waals surface area contributed by atoms with Gasteiger partial charge in [0.1, 0.15) is 12.6 Å². The van der Waals surface area contributed by atoms with E-state index in [1.165, 1.54) is 135 Å². The predicted octanol–water partition coefficient (Wildman–Crippen LogP) is 12.2. The third-order valence-electron chi connectivity index (χ3n) is 9.95. The molecule has 0 saturated carbocycles. The molecule has 0 aliphatic rings. The highest BCUT2D eigenvalue weighted by atomic mass is 31.2. The molecule has 0 amide bonds. The van der Waals surface area contributed by atoms with Crippen molar-refractivity contribution in [3.05, 3.63) is 24.3 Å². The molecular formula is C45H84NO10P. The van der Waals surface area contributed by atoms with Crippen LogP contribution < -0.4 is 5.73 Å². The molecule has 334 valence electrons. The van der Waals surface area contributed by atoms with Crippen molar-refractivity contribution in [2.45, 2.75) is 225 Å². The van der Waals surface area contributed by atoms with Crippen LogP contribution in [0.15, 0.2) is 24.3 Å². The van der Waals surface area contributed by atoms with Gasteiger partial charge in [0.05, 0.1) is 13.2 Å². The predicted molar refractivity (Wildman–Crippen MR) is 231 cm³/mol. The van der Waals surface area contributed by atoms with Crippen LogP contribution in [0.4, 0.5) is 0 Å². The lowest BCUT2D eigenvalue weighted by Gasteiger charge is -2.20. The number of allylic oxidation sites excluding steroid dienone is 4. The second kappa shape index (κ2) is 40.7. The largest absolute Gasteiger partial charge is 0.480 e. The molecule has 0 radical (unpaired) electrons. The Labute approximate surface area is 347 Å². The first-order chi connectivity index (χ1) is 27.6. The number of phosphoric ester groups is 1. The molecule has 0 spiro atoms. The number of aliphatic carboxylic acids is 1. The van der Waals surface area contributed by atoms with Crippen molar-refractivity contribution < 1.29 is 47.5 Å². The number of nitrogens with two attached hydrogens (primary N) is 1. The van der Waals surface area contributed by atoms with Gasteiger partial charge in [-0.3, -0.25) is 23.4 Å². The molecule has 57 heavy (non-hydrogen) atoms. The van der Waals surface area contributed by atoms with Crippen LogP contribution in [0.1, 0.15) is 213 Å². The van der Waals surface area contributed by atoms with Crippen molar-refractivity contribution in [1.82, 2.24) is 0 Å². The van der Waals surface area contributed by atoms with Crippen LogP contribution >= 0.6 is 7.82 Å². The average molecular weight is 830 g/mol. The third kappa shape index (κ3) is 40.5. The lowest BCUT2D eigenvalue weighted by atomic mass is 10.0. The van der Waals surface area contributed by atoms with Crippen LogP contribution in [-0.2, 0) is 37.5 Å². The third-order valence-corrected chi connectivity index (χ3v) is 10.9. The van der Waals surface area contributed by atoms with E-state index in [1.807, 2.05) is 6.08 Å². The number of phosphoric acid groups is 1. The first-order valence-electron chi connectivity index (χ1n) is 22.9. The van der Waals surface area contributed by atoms with Crippen molar-refractivity contribution in [2.24, 2.45) is 5.73 Å². The fourth-order valence-corrected chi connectivity index (χ4v) is 7.12. The summed E-state index contributed by atoms with van der Waals surface area (Å²) in [5, 5.41) is 8.89. The summed E-state index contributed by atoms with van der Waals surface area (Å²) in [6, 6.07) is -1.53. The van der Waals surface area contributed by atoms with Gasteiger partial charge < -0.3 is 25.2 Å². The number of unbranched alkanes of at least 4 members (excludes halogenated alkanes) is 25. The molecule has 0 rings (SSSR count). The fourth-order valence-electron chi connectivity index (χ4n) is 6.34. The molecule has 12 heteroatoms. The van der Waals surface area contributed by atoms with Gasteiger partial charge in [-0.2, -0.15) is 0 Å². The number of carbonyl (C=O) groups excluding carboxylic acids is 2. The Bertz CT molecular complexity index is 1070. The molecule has 1 unspecified atom stereocenters. The SMILES string of the molecule is CCCCCCCCCCC/C=C/C/C=C/CCCC(=O)O[C@H](COC(=O)CCCCCCCCCCCCCCCCCC)COP(=O)(O)OC[C@H](N)C(=O)O. The molecule has 0 fully saturated rings. The Hall–Kier alpha value is -2.04. The van der Waals surface area contributed by atoms with Gasteiger partial charge >= 0.3 is 25.7 Å². The zero-order chi connectivity index (χ0) is 42.1. The minimum absolute atomic E-state index is 0.100. The second-order valence-corrected chi connectivity index (χ2v) is 17.0. The first kappa shape index (κ1) is 55.0. The van der Waals surface area contributed by atoms with Crippen molar-refractivity contribution >= 4 is 25.7 Å². The van der Waals surface area contributed by atoms with E-state index in [0.717, 1.165) is 32.1 Å². The molecule has 4 N–H and O–H groups in total. The van der Waals surface area contributed by atoms with E-state index in [-0.39, 0.29) is 19.4 Å². The highest BCUT2D eigenvalue weighted by Crippen LogP contribution is 2.43. The lowest BCUT2D eigenvalue weighted by molar-refractivity contribution is -0.161. The highest BCUT2D eigenvalue weighted by Gasteiger charge is 2.28. The topological polar surface area (TPSA) is 172 Å². The van der Waals surface area contributed by atoms with Gasteiger partial charge in [0.25, 0.3) is 0 Å². The zero-order valence-corrected chi connectivity index (χ0v) is 37.1. The van der Waals surface area contributed by atoms with Crippen LogP contribution in [0.5, 0.6) is 0 Å². The molecule has 3 atom stereocenters. The number of esters is 2. The number of hydrogen-bond donors (Lipinski definition) is 3. The minimum atomic E-state index is -4.72. The zero-order valence-electron chi connectivity index (χ0n) is 36.2. The minimum Gasteiger partial charge on any atom is -0.480 e. The van der Waals surface area contributed by atoms with Crippen LogP contribution in [0.3, 0.4) is 0 Å². The van der Waals surface area contributed by atoms with E-state index in [9.17, 15) is 23.8 Å². The van der Waals surface area contributed by atoms with Gasteiger partial charge in [-0.25, -0.2) is 4.57 Å². The number of carbonyl (C=O) groups is 3. The Kier molecular flexibility index (Phi) is 39.3. The Balaban J connectivity index is 4.37. The number of rotatable bonds is 43. The van der Waals surface area contributed by atoms with E-state index < -0.39 is 51.1 Å². The monoisotopic (exact) mass is 830 g/mol. The molecule has 0 aromatic rings. The van der Waals surface area contributed by atoms with Gasteiger partial charge in [0.15, 0.2) is 6.10 Å². The van der Waals surface area contributed by atoms with Gasteiger partial charge in [0.2, 0.25) is 0 Å². The van der Waals surface area contributed by atoms with Crippen LogP contribution in [0.2, 0.25) is 0 Å². The lowest BCUT2D eigenvalue weighted by Crippen LogP contribution is -2.34. The van der Waals surface area contributed by atoms with E-state index in [1.54, 1.807) is 0 Å². The summed E-state index contributed by atoms with van der Waals surface area (Å²) in [4.78, 5) is 46.0. The molecule has 0 aliphatic carbocycles. The van der Waals surface area contributed by atoms with Crippen LogP contribution in [0, 0.1) is 0 Å². The summed E-state index contributed by atoms with van der Waals surface area (Å²) < 4.78 is 32.7. The van der Waals surface area contributed by atoms with Crippen LogP contribution in [-0.4, -0.2) is 59.9 Å². The number of hydrogen-bond acceptors (Lipinski definition) is 9. The average Bonchev–Trinajstić information content (AvgIpc) is 3.19. The summed E-state index contributed by atoms with van der Waals surface area (Å²) in [6.07, 6.45) is 42.5. The fraction of sp³-hybridized carbons (Fsp3) is 0.844.